The van der Waals surface area contributed by atoms with Gasteiger partial charge in [-0.05, 0) is 18.9 Å². The number of rotatable bonds is 10. The number of carboxylic acids is 1. The van der Waals surface area contributed by atoms with Gasteiger partial charge in [0.2, 0.25) is 17.7 Å². The van der Waals surface area contributed by atoms with Crippen LogP contribution in [0.5, 0.6) is 0 Å². The second kappa shape index (κ2) is 10.3. The van der Waals surface area contributed by atoms with E-state index in [0.717, 1.165) is 5.56 Å². The molecule has 30 heavy (non-hydrogen) atoms. The molecule has 0 bridgehead atoms. The zero-order valence-corrected chi connectivity index (χ0v) is 16.2. The Morgan fingerprint density at radius 3 is 2.33 bits per heavy atom. The van der Waals surface area contributed by atoms with E-state index in [-0.39, 0.29) is 18.2 Å². The van der Waals surface area contributed by atoms with Gasteiger partial charge < -0.3 is 36.7 Å². The maximum Gasteiger partial charge on any atom is 0.328 e. The third-order valence-corrected chi connectivity index (χ3v) is 4.12. The molecule has 0 aliphatic heterocycles. The van der Waals surface area contributed by atoms with Crippen LogP contribution in [0, 0.1) is 0 Å². The van der Waals surface area contributed by atoms with E-state index in [2.05, 4.69) is 20.8 Å². The summed E-state index contributed by atoms with van der Waals surface area (Å²) in [6.45, 7) is 1.21. The van der Waals surface area contributed by atoms with Crippen molar-refractivity contribution in [2.24, 2.45) is 11.5 Å². The van der Waals surface area contributed by atoms with Crippen molar-refractivity contribution in [2.75, 3.05) is 0 Å². The fourth-order valence-electron chi connectivity index (χ4n) is 2.62. The maximum absolute atomic E-state index is 12.1. The summed E-state index contributed by atoms with van der Waals surface area (Å²) in [6.07, 6.45) is -1.31. The van der Waals surface area contributed by atoms with Gasteiger partial charge in [0.1, 0.15) is 6.04 Å². The Morgan fingerprint density at radius 1 is 1.13 bits per heavy atom. The third-order valence-electron chi connectivity index (χ3n) is 4.12. The van der Waals surface area contributed by atoms with Crippen molar-refractivity contribution in [1.29, 1.82) is 0 Å². The molecular formula is C18H24N6O6. The van der Waals surface area contributed by atoms with Crippen molar-refractivity contribution < 1.29 is 29.0 Å². The van der Waals surface area contributed by atoms with Crippen LogP contribution >= 0.6 is 0 Å². The van der Waals surface area contributed by atoms with Gasteiger partial charge in [-0.2, -0.15) is 0 Å². The first-order valence-electron chi connectivity index (χ1n) is 9.06. The Bertz CT molecular complexity index is 871. The first-order valence-corrected chi connectivity index (χ1v) is 9.06. The van der Waals surface area contributed by atoms with E-state index in [1.54, 1.807) is 0 Å². The van der Waals surface area contributed by atoms with E-state index in [4.69, 9.17) is 21.0 Å². The summed E-state index contributed by atoms with van der Waals surface area (Å²) in [6, 6.07) is 5.12. The number of aromatic nitrogens is 2. The largest absolute Gasteiger partial charge is 0.480 e. The van der Waals surface area contributed by atoms with Crippen molar-refractivity contribution in [3.05, 3.63) is 47.7 Å². The molecule has 162 valence electrons. The van der Waals surface area contributed by atoms with Crippen LogP contribution in [0.25, 0.3) is 0 Å². The zero-order valence-electron chi connectivity index (χ0n) is 16.2. The number of aliphatic hydroxyl groups is 1. The van der Waals surface area contributed by atoms with E-state index in [1.165, 1.54) is 6.92 Å². The minimum Gasteiger partial charge on any atom is -0.480 e. The lowest BCUT2D eigenvalue weighted by Crippen LogP contribution is -2.52. The second-order valence-corrected chi connectivity index (χ2v) is 6.67. The third kappa shape index (κ3) is 6.53. The van der Waals surface area contributed by atoms with E-state index in [1.807, 2.05) is 30.3 Å². The fraction of sp³-hybridized carbons (Fsp3) is 0.389. The van der Waals surface area contributed by atoms with Crippen LogP contribution < -0.4 is 22.1 Å². The monoisotopic (exact) mass is 420 g/mol. The highest BCUT2D eigenvalue weighted by atomic mass is 16.4. The predicted molar refractivity (Wildman–Crippen MR) is 103 cm³/mol. The van der Waals surface area contributed by atoms with Gasteiger partial charge in [0.05, 0.1) is 18.6 Å². The summed E-state index contributed by atoms with van der Waals surface area (Å²) in [5, 5.41) is 30.6. The van der Waals surface area contributed by atoms with Crippen LogP contribution in [0.4, 0.5) is 4.79 Å². The van der Waals surface area contributed by atoms with Gasteiger partial charge in [0, 0.05) is 0 Å². The highest BCUT2D eigenvalue weighted by Crippen LogP contribution is 2.20. The quantitative estimate of drug-likeness (QED) is 0.288. The molecule has 0 radical (unpaired) electrons. The molecule has 0 aliphatic carbocycles. The number of primary amides is 1. The van der Waals surface area contributed by atoms with Crippen LogP contribution in [0.3, 0.4) is 0 Å². The Morgan fingerprint density at radius 2 is 1.77 bits per heavy atom. The number of nitrogens with two attached hydrogens (primary N) is 2. The number of aliphatic hydroxyl groups excluding tert-OH is 1. The molecule has 0 fully saturated rings. The minimum atomic E-state index is -1.56. The number of aliphatic carboxylic acids is 1. The van der Waals surface area contributed by atoms with Crippen LogP contribution in [0.15, 0.2) is 34.7 Å². The number of nitrogens with one attached hydrogen (secondary N) is 2. The summed E-state index contributed by atoms with van der Waals surface area (Å²) in [4.78, 5) is 34.6. The number of hydrogen-bond donors (Lipinski definition) is 6. The van der Waals surface area contributed by atoms with E-state index in [0.29, 0.717) is 6.42 Å². The summed E-state index contributed by atoms with van der Waals surface area (Å²) in [5.74, 6) is -2.22. The van der Waals surface area contributed by atoms with Gasteiger partial charge in [-0.3, -0.25) is 4.79 Å². The van der Waals surface area contributed by atoms with Gasteiger partial charge in [-0.25, -0.2) is 9.59 Å². The number of carbonyl (C=O) groups is 3. The van der Waals surface area contributed by atoms with Crippen molar-refractivity contribution in [3.8, 4) is 0 Å². The fourth-order valence-corrected chi connectivity index (χ4v) is 2.62. The number of carbonyl (C=O) groups excluding carboxylic acids is 2. The lowest BCUT2D eigenvalue weighted by atomic mass is 10.1. The normalized spacial score (nSPS) is 14.9. The van der Waals surface area contributed by atoms with Gasteiger partial charge in [-0.15, -0.1) is 10.2 Å². The molecule has 0 saturated carbocycles. The van der Waals surface area contributed by atoms with E-state index < -0.39 is 42.1 Å². The zero-order chi connectivity index (χ0) is 22.3. The highest BCUT2D eigenvalue weighted by molar-refractivity contribution is 5.83. The summed E-state index contributed by atoms with van der Waals surface area (Å²) >= 11 is 0. The van der Waals surface area contributed by atoms with Crippen LogP contribution in [0.1, 0.15) is 42.8 Å². The Hall–Kier alpha value is -3.51. The number of amides is 3. The molecule has 2 aromatic rings. The molecule has 1 aromatic carbocycles. The van der Waals surface area contributed by atoms with Gasteiger partial charge >= 0.3 is 12.0 Å². The van der Waals surface area contributed by atoms with Crippen LogP contribution in [0.2, 0.25) is 0 Å². The standard InChI is InChI=1S/C18H24N6O6/c1-9(25)14(17(27)28)22-18(29)21-12(8-13(20)26)16-24-23-15(30-16)11(19)7-10-5-3-2-4-6-10/h2-6,9,11-12,14,25H,7-8,19H2,1H3,(H2,20,26)(H,27,28)(H2,21,22,29)/t9?,11-,12-,14?/m0/s1. The Labute approximate surface area is 171 Å². The maximum atomic E-state index is 12.1. The molecule has 2 rings (SSSR count). The molecular weight excluding hydrogens is 396 g/mol. The molecule has 0 spiro atoms. The highest BCUT2D eigenvalue weighted by Gasteiger charge is 2.29. The van der Waals surface area contributed by atoms with Crippen molar-refractivity contribution in [2.45, 2.75) is 44.0 Å². The number of benzene rings is 1. The number of urea groups is 1. The van der Waals surface area contributed by atoms with E-state index >= 15 is 0 Å². The Kier molecular flexibility index (Phi) is 7.83. The van der Waals surface area contributed by atoms with Crippen molar-refractivity contribution in [1.82, 2.24) is 20.8 Å². The van der Waals surface area contributed by atoms with Gasteiger partial charge in [-0.1, -0.05) is 30.3 Å². The lowest BCUT2D eigenvalue weighted by Gasteiger charge is -2.19. The molecule has 1 heterocycles. The van der Waals surface area contributed by atoms with Crippen LogP contribution in [-0.4, -0.2) is 50.5 Å². The topological polar surface area (TPSA) is 207 Å². The second-order valence-electron chi connectivity index (χ2n) is 6.67. The average molecular weight is 420 g/mol. The van der Waals surface area contributed by atoms with E-state index in [9.17, 15) is 19.5 Å². The van der Waals surface area contributed by atoms with Crippen molar-refractivity contribution >= 4 is 17.9 Å². The number of hydrogen-bond acceptors (Lipinski definition) is 8. The first-order chi connectivity index (χ1) is 14.2. The molecule has 0 saturated heterocycles. The molecule has 3 amide bonds. The molecule has 12 nitrogen and oxygen atoms in total. The average Bonchev–Trinajstić information content (AvgIpc) is 3.16. The number of nitrogens with zero attached hydrogens (tertiary/aromatic N) is 2. The molecule has 1 aromatic heterocycles. The van der Waals surface area contributed by atoms with Gasteiger partial charge in [0.25, 0.3) is 0 Å². The predicted octanol–water partition coefficient (Wildman–Crippen LogP) is -0.638. The van der Waals surface area contributed by atoms with Crippen molar-refractivity contribution in [3.63, 3.8) is 0 Å². The smallest absolute Gasteiger partial charge is 0.328 e. The molecule has 2 unspecified atom stereocenters. The summed E-state index contributed by atoms with van der Waals surface area (Å²) in [7, 11) is 0. The minimum absolute atomic E-state index is 0.0953. The molecule has 8 N–H and O–H groups in total. The summed E-state index contributed by atoms with van der Waals surface area (Å²) in [5.41, 5.74) is 12.3. The number of carboxylic acid groups (broad SMARTS) is 1. The Balaban J connectivity index is 2.10. The first kappa shape index (κ1) is 22.8. The molecule has 0 aliphatic rings. The SMILES string of the molecule is CC(O)C(NC(=O)N[C@@H](CC(N)=O)c1nnc([C@@H](N)Cc2ccccc2)o1)C(=O)O. The lowest BCUT2D eigenvalue weighted by molar-refractivity contribution is -0.141. The summed E-state index contributed by atoms with van der Waals surface area (Å²) < 4.78 is 5.52. The van der Waals surface area contributed by atoms with Crippen LogP contribution in [-0.2, 0) is 16.0 Å². The van der Waals surface area contributed by atoms with Gasteiger partial charge in [0.15, 0.2) is 6.04 Å². The molecule has 12 heteroatoms. The molecule has 4 atom stereocenters.